The molecule has 1 aliphatic rings. The number of carbonyl (C=O) groups excluding carboxylic acids is 1. The summed E-state index contributed by atoms with van der Waals surface area (Å²) in [6, 6.07) is 14.5. The molecule has 0 saturated carbocycles. The third-order valence-corrected chi connectivity index (χ3v) is 5.10. The van der Waals surface area contributed by atoms with E-state index in [9.17, 15) is 9.59 Å². The number of carboxylic acid groups (broad SMARTS) is 1. The van der Waals surface area contributed by atoms with E-state index < -0.39 is 5.97 Å². The first-order chi connectivity index (χ1) is 13.0. The molecule has 1 aliphatic heterocycles. The first-order valence-corrected chi connectivity index (χ1v) is 9.00. The van der Waals surface area contributed by atoms with Crippen LogP contribution in [-0.2, 0) is 0 Å². The van der Waals surface area contributed by atoms with Crippen molar-refractivity contribution in [3.8, 4) is 5.75 Å². The molecule has 3 rings (SSSR count). The lowest BCUT2D eigenvalue weighted by atomic mass is 10.1. The molecule has 0 aromatic heterocycles. The van der Waals surface area contributed by atoms with Crippen molar-refractivity contribution in [2.24, 2.45) is 0 Å². The average molecular weight is 368 g/mol. The molecule has 2 aromatic rings. The van der Waals surface area contributed by atoms with Gasteiger partial charge in [-0.05, 0) is 42.8 Å². The maximum atomic E-state index is 12.7. The molecule has 6 nitrogen and oxygen atoms in total. The highest BCUT2D eigenvalue weighted by Gasteiger charge is 2.25. The fourth-order valence-corrected chi connectivity index (χ4v) is 3.37. The summed E-state index contributed by atoms with van der Waals surface area (Å²) in [7, 11) is 1.65. The van der Waals surface area contributed by atoms with Crippen LogP contribution in [0, 0.1) is 0 Å². The number of carbonyl (C=O) groups is 2. The molecule has 1 unspecified atom stereocenters. The van der Waals surface area contributed by atoms with Crippen LogP contribution in [0.3, 0.4) is 0 Å². The minimum absolute atomic E-state index is 0.116. The predicted molar refractivity (Wildman–Crippen MR) is 102 cm³/mol. The number of benzene rings is 2. The molecule has 0 bridgehead atoms. The van der Waals surface area contributed by atoms with Crippen molar-refractivity contribution >= 4 is 11.9 Å². The van der Waals surface area contributed by atoms with E-state index in [-0.39, 0.29) is 17.5 Å². The Morgan fingerprint density at radius 3 is 2.22 bits per heavy atom. The van der Waals surface area contributed by atoms with E-state index in [1.807, 2.05) is 12.1 Å². The summed E-state index contributed by atoms with van der Waals surface area (Å²) in [4.78, 5) is 27.9. The van der Waals surface area contributed by atoms with Crippen molar-refractivity contribution in [2.45, 2.75) is 13.0 Å². The fourth-order valence-electron chi connectivity index (χ4n) is 3.37. The second kappa shape index (κ2) is 8.22. The fraction of sp³-hybridized carbons (Fsp3) is 0.333. The summed E-state index contributed by atoms with van der Waals surface area (Å²) in [5.41, 5.74) is 1.77. The molecule has 0 aliphatic carbocycles. The topological polar surface area (TPSA) is 70.1 Å². The van der Waals surface area contributed by atoms with Gasteiger partial charge in [-0.1, -0.05) is 18.2 Å². The van der Waals surface area contributed by atoms with Crippen LogP contribution in [0.25, 0.3) is 0 Å². The number of carboxylic acids is 1. The Bertz CT molecular complexity index is 811. The molecular formula is C21H24N2O4. The summed E-state index contributed by atoms with van der Waals surface area (Å²) in [5, 5.41) is 9.10. The Labute approximate surface area is 159 Å². The highest BCUT2D eigenvalue weighted by Crippen LogP contribution is 2.24. The highest BCUT2D eigenvalue weighted by atomic mass is 16.5. The van der Waals surface area contributed by atoms with Gasteiger partial charge in [-0.2, -0.15) is 0 Å². The number of hydrogen-bond donors (Lipinski definition) is 1. The number of amides is 1. The number of ether oxygens (including phenoxy) is 1. The van der Waals surface area contributed by atoms with Gasteiger partial charge in [0.05, 0.1) is 12.7 Å². The summed E-state index contributed by atoms with van der Waals surface area (Å²) >= 11 is 0. The number of piperazine rings is 1. The lowest BCUT2D eigenvalue weighted by Gasteiger charge is -2.38. The highest BCUT2D eigenvalue weighted by molar-refractivity contribution is 5.97. The molecule has 1 atom stereocenters. The molecule has 0 spiro atoms. The van der Waals surface area contributed by atoms with Crippen LogP contribution in [0.15, 0.2) is 48.5 Å². The van der Waals surface area contributed by atoms with Gasteiger partial charge in [-0.25, -0.2) is 4.79 Å². The molecule has 27 heavy (non-hydrogen) atoms. The first kappa shape index (κ1) is 18.9. The van der Waals surface area contributed by atoms with Crippen molar-refractivity contribution in [3.63, 3.8) is 0 Å². The van der Waals surface area contributed by atoms with Gasteiger partial charge in [-0.15, -0.1) is 0 Å². The van der Waals surface area contributed by atoms with Crippen LogP contribution in [0.1, 0.15) is 39.2 Å². The van der Waals surface area contributed by atoms with Crippen molar-refractivity contribution in [2.75, 3.05) is 33.3 Å². The predicted octanol–water partition coefficient (Wildman–Crippen LogP) is 2.91. The number of nitrogens with zero attached hydrogens (tertiary/aromatic N) is 2. The Kier molecular flexibility index (Phi) is 5.76. The van der Waals surface area contributed by atoms with E-state index in [2.05, 4.69) is 24.0 Å². The van der Waals surface area contributed by atoms with E-state index >= 15 is 0 Å². The minimum Gasteiger partial charge on any atom is -0.497 e. The lowest BCUT2D eigenvalue weighted by molar-refractivity contribution is 0.0582. The van der Waals surface area contributed by atoms with E-state index in [0.29, 0.717) is 18.7 Å². The second-order valence-corrected chi connectivity index (χ2v) is 6.66. The van der Waals surface area contributed by atoms with E-state index in [4.69, 9.17) is 9.84 Å². The Hall–Kier alpha value is -2.86. The Morgan fingerprint density at radius 2 is 1.63 bits per heavy atom. The molecule has 1 saturated heterocycles. The lowest BCUT2D eigenvalue weighted by Crippen LogP contribution is -2.49. The van der Waals surface area contributed by atoms with Crippen LogP contribution in [0.4, 0.5) is 0 Å². The maximum absolute atomic E-state index is 12.7. The molecule has 6 heteroatoms. The Balaban J connectivity index is 1.61. The molecular weight excluding hydrogens is 344 g/mol. The molecule has 2 aromatic carbocycles. The number of aromatic carboxylic acids is 1. The van der Waals surface area contributed by atoms with Gasteiger partial charge < -0.3 is 14.7 Å². The largest absolute Gasteiger partial charge is 0.497 e. The SMILES string of the molecule is COc1ccc(C(C)N2CCN(C(=O)c3cccc(C(=O)O)c3)CC2)cc1. The third kappa shape index (κ3) is 4.28. The summed E-state index contributed by atoms with van der Waals surface area (Å²) in [5.74, 6) is -0.303. The molecule has 1 fully saturated rings. The van der Waals surface area contributed by atoms with Gasteiger partial charge in [0, 0.05) is 37.8 Å². The van der Waals surface area contributed by atoms with Crippen LogP contribution in [-0.4, -0.2) is 60.1 Å². The second-order valence-electron chi connectivity index (χ2n) is 6.66. The number of hydrogen-bond acceptors (Lipinski definition) is 4. The third-order valence-electron chi connectivity index (χ3n) is 5.10. The molecule has 1 amide bonds. The minimum atomic E-state index is -1.03. The van der Waals surface area contributed by atoms with Crippen molar-refractivity contribution in [3.05, 3.63) is 65.2 Å². The summed E-state index contributed by atoms with van der Waals surface area (Å²) in [6.45, 7) is 4.96. The van der Waals surface area contributed by atoms with E-state index in [1.54, 1.807) is 24.1 Å². The average Bonchev–Trinajstić information content (AvgIpc) is 2.73. The standard InChI is InChI=1S/C21H24N2O4/c1-15(16-6-8-19(27-2)9-7-16)22-10-12-23(13-11-22)20(24)17-4-3-5-18(14-17)21(25)26/h3-9,14-15H,10-13H2,1-2H3,(H,25,26). The smallest absolute Gasteiger partial charge is 0.335 e. The van der Waals surface area contributed by atoms with Crippen molar-refractivity contribution in [1.82, 2.24) is 9.80 Å². The quantitative estimate of drug-likeness (QED) is 0.879. The van der Waals surface area contributed by atoms with Crippen LogP contribution in [0.2, 0.25) is 0 Å². The van der Waals surface area contributed by atoms with Crippen LogP contribution >= 0.6 is 0 Å². The van der Waals surface area contributed by atoms with Gasteiger partial charge in [0.2, 0.25) is 0 Å². The Morgan fingerprint density at radius 1 is 1.00 bits per heavy atom. The zero-order valence-electron chi connectivity index (χ0n) is 15.6. The van der Waals surface area contributed by atoms with Crippen LogP contribution in [0.5, 0.6) is 5.75 Å². The van der Waals surface area contributed by atoms with Gasteiger partial charge in [0.25, 0.3) is 5.91 Å². The van der Waals surface area contributed by atoms with Gasteiger partial charge in [-0.3, -0.25) is 9.69 Å². The summed E-state index contributed by atoms with van der Waals surface area (Å²) in [6.07, 6.45) is 0. The summed E-state index contributed by atoms with van der Waals surface area (Å²) < 4.78 is 5.21. The zero-order valence-corrected chi connectivity index (χ0v) is 15.6. The van der Waals surface area contributed by atoms with E-state index in [0.717, 1.165) is 18.8 Å². The maximum Gasteiger partial charge on any atom is 0.335 e. The number of methoxy groups -OCH3 is 1. The van der Waals surface area contributed by atoms with Crippen LogP contribution < -0.4 is 4.74 Å². The molecule has 1 N–H and O–H groups in total. The monoisotopic (exact) mass is 368 g/mol. The van der Waals surface area contributed by atoms with E-state index in [1.165, 1.54) is 17.7 Å². The molecule has 0 radical (unpaired) electrons. The molecule has 142 valence electrons. The van der Waals surface area contributed by atoms with Crippen molar-refractivity contribution < 1.29 is 19.4 Å². The first-order valence-electron chi connectivity index (χ1n) is 9.00. The van der Waals surface area contributed by atoms with Gasteiger partial charge in [0.15, 0.2) is 0 Å². The normalized spacial score (nSPS) is 16.0. The zero-order chi connectivity index (χ0) is 19.4. The van der Waals surface area contributed by atoms with Crippen molar-refractivity contribution in [1.29, 1.82) is 0 Å². The number of rotatable bonds is 5. The molecule has 1 heterocycles. The van der Waals surface area contributed by atoms with Gasteiger partial charge >= 0.3 is 5.97 Å². The van der Waals surface area contributed by atoms with Gasteiger partial charge in [0.1, 0.15) is 5.75 Å².